The molecule has 0 bridgehead atoms. The summed E-state index contributed by atoms with van der Waals surface area (Å²) in [5.41, 5.74) is 0.837. The Labute approximate surface area is 56.8 Å². The molecule has 0 radical (unpaired) electrons. The van der Waals surface area contributed by atoms with Gasteiger partial charge in [0.05, 0.1) is 0 Å². The summed E-state index contributed by atoms with van der Waals surface area (Å²) < 4.78 is 0. The van der Waals surface area contributed by atoms with Gasteiger partial charge < -0.3 is 0 Å². The quantitative estimate of drug-likeness (QED) is 0.418. The third kappa shape index (κ3) is 3.95. The van der Waals surface area contributed by atoms with Crippen LogP contribution in [0.25, 0.3) is 0 Å². The van der Waals surface area contributed by atoms with Crippen LogP contribution in [0.2, 0.25) is 0 Å². The van der Waals surface area contributed by atoms with Gasteiger partial charge in [0.25, 0.3) is 0 Å². The van der Waals surface area contributed by atoms with Crippen LogP contribution in [-0.4, -0.2) is 6.29 Å². The van der Waals surface area contributed by atoms with Crippen molar-refractivity contribution in [2.24, 2.45) is 5.92 Å². The highest BCUT2D eigenvalue weighted by Gasteiger charge is 1.92. The second-order valence-electron chi connectivity index (χ2n) is 2.41. The van der Waals surface area contributed by atoms with Gasteiger partial charge in [0.2, 0.25) is 0 Å². The minimum Gasteiger partial charge on any atom is -0.298 e. The molecule has 0 aliphatic rings. The van der Waals surface area contributed by atoms with Gasteiger partial charge in [0, 0.05) is 0 Å². The maximum absolute atomic E-state index is 10.1. The van der Waals surface area contributed by atoms with Crippen LogP contribution >= 0.6 is 0 Å². The highest BCUT2D eigenvalue weighted by Crippen LogP contribution is 2.04. The first-order chi connectivity index (χ1) is 4.20. The Kier molecular flexibility index (Phi) is 4.02. The third-order valence-corrected chi connectivity index (χ3v) is 1.38. The van der Waals surface area contributed by atoms with Gasteiger partial charge >= 0.3 is 0 Å². The fourth-order valence-corrected chi connectivity index (χ4v) is 0.606. The highest BCUT2D eigenvalue weighted by atomic mass is 16.1. The largest absolute Gasteiger partial charge is 0.298 e. The lowest BCUT2D eigenvalue weighted by atomic mass is 10.1. The summed E-state index contributed by atoms with van der Waals surface area (Å²) in [4.78, 5) is 10.1. The lowest BCUT2D eigenvalue weighted by Gasteiger charge is -1.98. The average Bonchev–Trinajstić information content (AvgIpc) is 1.87. The molecule has 0 aromatic rings. The van der Waals surface area contributed by atoms with E-state index < -0.39 is 0 Å². The molecule has 1 nitrogen and oxygen atoms in total. The first kappa shape index (κ1) is 8.41. The molecule has 1 heteroatoms. The molecule has 0 spiro atoms. The molecular formula is C8H14O. The zero-order chi connectivity index (χ0) is 7.28. The van der Waals surface area contributed by atoms with Crippen LogP contribution in [0.5, 0.6) is 0 Å². The molecule has 9 heavy (non-hydrogen) atoms. The zero-order valence-corrected chi connectivity index (χ0v) is 6.35. The number of aldehydes is 1. The predicted molar refractivity (Wildman–Crippen MR) is 39.3 cm³/mol. The Bertz CT molecular complexity index is 114. The van der Waals surface area contributed by atoms with E-state index in [0.717, 1.165) is 18.3 Å². The van der Waals surface area contributed by atoms with Crippen molar-refractivity contribution in [2.75, 3.05) is 0 Å². The molecule has 0 unspecified atom stereocenters. The molecule has 0 aromatic carbocycles. The van der Waals surface area contributed by atoms with Crippen molar-refractivity contribution in [1.82, 2.24) is 0 Å². The topological polar surface area (TPSA) is 17.1 Å². The molecule has 0 amide bonds. The van der Waals surface area contributed by atoms with Crippen LogP contribution in [0, 0.1) is 5.92 Å². The molecule has 52 valence electrons. The Balaban J connectivity index is 3.78. The van der Waals surface area contributed by atoms with Crippen molar-refractivity contribution < 1.29 is 4.79 Å². The first-order valence-corrected chi connectivity index (χ1v) is 3.34. The maximum Gasteiger partial charge on any atom is 0.145 e. The summed E-state index contributed by atoms with van der Waals surface area (Å²) in [6.45, 7) is 6.05. The van der Waals surface area contributed by atoms with Crippen molar-refractivity contribution in [3.05, 3.63) is 11.6 Å². The van der Waals surface area contributed by atoms with E-state index in [1.807, 2.05) is 13.0 Å². The summed E-state index contributed by atoms with van der Waals surface area (Å²) in [5.74, 6) is 0.537. The smallest absolute Gasteiger partial charge is 0.145 e. The van der Waals surface area contributed by atoms with Gasteiger partial charge in [0.15, 0.2) is 0 Å². The van der Waals surface area contributed by atoms with Crippen molar-refractivity contribution in [3.63, 3.8) is 0 Å². The number of allylic oxidation sites excluding steroid dienone is 2. The molecule has 0 saturated carbocycles. The first-order valence-electron chi connectivity index (χ1n) is 3.34. The fourth-order valence-electron chi connectivity index (χ4n) is 0.606. The standard InChI is InChI=1S/C8H14O/c1-4-7(2)5-8(3)6-9/h5-7H,4H2,1-3H3/b8-5+/t7-/m1/s1. The second kappa shape index (κ2) is 4.30. The van der Waals surface area contributed by atoms with E-state index in [4.69, 9.17) is 0 Å². The zero-order valence-electron chi connectivity index (χ0n) is 6.35. The summed E-state index contributed by atoms with van der Waals surface area (Å²) in [6.07, 6.45) is 3.99. The summed E-state index contributed by atoms with van der Waals surface area (Å²) >= 11 is 0. The van der Waals surface area contributed by atoms with E-state index in [-0.39, 0.29) is 0 Å². The highest BCUT2D eigenvalue weighted by molar-refractivity contribution is 5.72. The molecule has 0 aliphatic carbocycles. The molecule has 0 rings (SSSR count). The molecule has 0 heterocycles. The Morgan fingerprint density at radius 3 is 2.56 bits per heavy atom. The molecule has 0 fully saturated rings. The van der Waals surface area contributed by atoms with E-state index in [0.29, 0.717) is 5.92 Å². The van der Waals surface area contributed by atoms with Gasteiger partial charge in [-0.2, -0.15) is 0 Å². The number of hydrogen-bond donors (Lipinski definition) is 0. The molecule has 1 atom stereocenters. The van der Waals surface area contributed by atoms with Gasteiger partial charge in [0.1, 0.15) is 6.29 Å². The molecule has 0 N–H and O–H groups in total. The van der Waals surface area contributed by atoms with Crippen LogP contribution in [0.15, 0.2) is 11.6 Å². The normalized spacial score (nSPS) is 15.2. The van der Waals surface area contributed by atoms with E-state index >= 15 is 0 Å². The Morgan fingerprint density at radius 2 is 2.22 bits per heavy atom. The van der Waals surface area contributed by atoms with E-state index in [9.17, 15) is 4.79 Å². The third-order valence-electron chi connectivity index (χ3n) is 1.38. The molecular weight excluding hydrogens is 112 g/mol. The van der Waals surface area contributed by atoms with Crippen LogP contribution < -0.4 is 0 Å². The van der Waals surface area contributed by atoms with Crippen LogP contribution in [0.3, 0.4) is 0 Å². The van der Waals surface area contributed by atoms with Gasteiger partial charge in [-0.3, -0.25) is 4.79 Å². The maximum atomic E-state index is 10.1. The number of hydrogen-bond acceptors (Lipinski definition) is 1. The minimum absolute atomic E-state index is 0.537. The summed E-state index contributed by atoms with van der Waals surface area (Å²) in [6, 6.07) is 0. The van der Waals surface area contributed by atoms with Gasteiger partial charge in [-0.05, 0) is 18.4 Å². The van der Waals surface area contributed by atoms with Gasteiger partial charge in [-0.25, -0.2) is 0 Å². The number of carbonyl (C=O) groups is 1. The van der Waals surface area contributed by atoms with Crippen molar-refractivity contribution in [3.8, 4) is 0 Å². The van der Waals surface area contributed by atoms with E-state index in [2.05, 4.69) is 13.8 Å². The van der Waals surface area contributed by atoms with Crippen molar-refractivity contribution in [1.29, 1.82) is 0 Å². The molecule has 0 saturated heterocycles. The Hall–Kier alpha value is -0.590. The number of carbonyl (C=O) groups excluding carboxylic acids is 1. The predicted octanol–water partition coefficient (Wildman–Crippen LogP) is 2.18. The summed E-state index contributed by atoms with van der Waals surface area (Å²) in [7, 11) is 0. The fraction of sp³-hybridized carbons (Fsp3) is 0.625. The lowest BCUT2D eigenvalue weighted by molar-refractivity contribution is -0.104. The van der Waals surface area contributed by atoms with Crippen molar-refractivity contribution in [2.45, 2.75) is 27.2 Å². The van der Waals surface area contributed by atoms with E-state index in [1.54, 1.807) is 0 Å². The monoisotopic (exact) mass is 126 g/mol. The average molecular weight is 126 g/mol. The van der Waals surface area contributed by atoms with Crippen molar-refractivity contribution >= 4 is 6.29 Å². The second-order valence-corrected chi connectivity index (χ2v) is 2.41. The SMILES string of the molecule is CC[C@@H](C)/C=C(\C)C=O. The van der Waals surface area contributed by atoms with Gasteiger partial charge in [-0.15, -0.1) is 0 Å². The minimum atomic E-state index is 0.537. The number of rotatable bonds is 3. The molecule has 0 aromatic heterocycles. The van der Waals surface area contributed by atoms with Crippen LogP contribution in [0.1, 0.15) is 27.2 Å². The van der Waals surface area contributed by atoms with E-state index in [1.165, 1.54) is 0 Å². The van der Waals surface area contributed by atoms with Crippen LogP contribution in [-0.2, 0) is 4.79 Å². The summed E-state index contributed by atoms with van der Waals surface area (Å²) in [5, 5.41) is 0. The molecule has 0 aliphatic heterocycles. The lowest BCUT2D eigenvalue weighted by Crippen LogP contribution is -1.87. The van der Waals surface area contributed by atoms with Gasteiger partial charge in [-0.1, -0.05) is 26.3 Å². The Morgan fingerprint density at radius 1 is 1.67 bits per heavy atom. The van der Waals surface area contributed by atoms with Crippen LogP contribution in [0.4, 0.5) is 0 Å².